The summed E-state index contributed by atoms with van der Waals surface area (Å²) in [5.41, 5.74) is 3.67. The third-order valence-electron chi connectivity index (χ3n) is 6.52. The molecule has 0 unspecified atom stereocenters. The Bertz CT molecular complexity index is 1540. The number of carbonyl (C=O) groups is 3. The molecule has 10 nitrogen and oxygen atoms in total. The zero-order chi connectivity index (χ0) is 28.3. The summed E-state index contributed by atoms with van der Waals surface area (Å²) < 4.78 is 26.3. The highest BCUT2D eigenvalue weighted by Crippen LogP contribution is 2.33. The lowest BCUT2D eigenvalue weighted by Gasteiger charge is -2.37. The number of nitrogens with zero attached hydrogens (tertiary/aromatic N) is 2. The van der Waals surface area contributed by atoms with Crippen molar-refractivity contribution in [2.45, 2.75) is 31.2 Å². The molecule has 204 valence electrons. The molecule has 39 heavy (non-hydrogen) atoms. The molecule has 1 aliphatic heterocycles. The highest BCUT2D eigenvalue weighted by molar-refractivity contribution is 7.89. The third kappa shape index (κ3) is 6.10. The van der Waals surface area contributed by atoms with Crippen molar-refractivity contribution in [2.75, 3.05) is 41.5 Å². The number of hydrogen-bond acceptors (Lipinski definition) is 6. The van der Waals surface area contributed by atoms with Gasteiger partial charge in [-0.15, -0.1) is 0 Å². The van der Waals surface area contributed by atoms with Crippen LogP contribution >= 0.6 is 0 Å². The fourth-order valence-corrected chi connectivity index (χ4v) is 5.22. The van der Waals surface area contributed by atoms with Crippen molar-refractivity contribution in [1.29, 1.82) is 0 Å². The van der Waals surface area contributed by atoms with Crippen LogP contribution in [0, 0.1) is 13.8 Å². The standard InChI is InChI=1S/C28H31N5O5S/c1-18-9-5-6-10-21(18)29-26(34)16-25-28(36)31-22-11-7-8-12-24(22)33(25)17-27(35)30-23-15-20(14-13-19(23)2)39(37,38)32(3)4/h5-15,25H,16-17H2,1-4H3,(H,29,34)(H,30,35)(H,31,36)/t25-/m1/s1. The van der Waals surface area contributed by atoms with Crippen molar-refractivity contribution in [3.63, 3.8) is 0 Å². The van der Waals surface area contributed by atoms with Gasteiger partial charge in [0, 0.05) is 25.5 Å². The fraction of sp³-hybridized carbons (Fsp3) is 0.250. The van der Waals surface area contributed by atoms with Crippen LogP contribution in [-0.2, 0) is 24.4 Å². The normalized spacial score (nSPS) is 14.9. The Morgan fingerprint density at radius 1 is 0.897 bits per heavy atom. The molecule has 4 rings (SSSR count). The zero-order valence-electron chi connectivity index (χ0n) is 22.2. The number of amides is 3. The molecule has 3 aromatic carbocycles. The summed E-state index contributed by atoms with van der Waals surface area (Å²) in [7, 11) is -0.839. The van der Waals surface area contributed by atoms with Gasteiger partial charge in [-0.3, -0.25) is 14.4 Å². The van der Waals surface area contributed by atoms with E-state index in [-0.39, 0.29) is 23.8 Å². The predicted molar refractivity (Wildman–Crippen MR) is 151 cm³/mol. The van der Waals surface area contributed by atoms with Crippen LogP contribution in [0.25, 0.3) is 0 Å². The van der Waals surface area contributed by atoms with Gasteiger partial charge in [-0.25, -0.2) is 12.7 Å². The summed E-state index contributed by atoms with van der Waals surface area (Å²) in [6.45, 7) is 3.39. The first-order valence-electron chi connectivity index (χ1n) is 12.3. The maximum atomic E-state index is 13.3. The number of sulfonamides is 1. The van der Waals surface area contributed by atoms with E-state index >= 15 is 0 Å². The van der Waals surface area contributed by atoms with Gasteiger partial charge >= 0.3 is 0 Å². The van der Waals surface area contributed by atoms with Crippen LogP contribution in [0.5, 0.6) is 0 Å². The van der Waals surface area contributed by atoms with Crippen molar-refractivity contribution in [1.82, 2.24) is 4.31 Å². The second kappa shape index (κ2) is 11.3. The SMILES string of the molecule is Cc1ccccc1NC(=O)C[C@@H]1C(=O)Nc2ccccc2N1CC(=O)Nc1cc(S(=O)(=O)N(C)C)ccc1C. The predicted octanol–water partition coefficient (Wildman–Crippen LogP) is 3.35. The van der Waals surface area contributed by atoms with E-state index in [1.54, 1.807) is 48.2 Å². The first-order valence-corrected chi connectivity index (χ1v) is 13.8. The molecule has 3 amide bonds. The van der Waals surface area contributed by atoms with Gasteiger partial charge in [0.1, 0.15) is 6.04 Å². The average Bonchev–Trinajstić information content (AvgIpc) is 2.88. The summed E-state index contributed by atoms with van der Waals surface area (Å²) in [5, 5.41) is 8.45. The molecular weight excluding hydrogens is 518 g/mol. The second-order valence-corrected chi connectivity index (χ2v) is 11.7. The molecule has 3 aromatic rings. The molecule has 0 bridgehead atoms. The molecule has 0 saturated heterocycles. The number of aryl methyl sites for hydroxylation is 2. The van der Waals surface area contributed by atoms with E-state index in [0.717, 1.165) is 9.87 Å². The van der Waals surface area contributed by atoms with E-state index in [0.29, 0.717) is 28.3 Å². The fourth-order valence-electron chi connectivity index (χ4n) is 4.30. The van der Waals surface area contributed by atoms with Crippen LogP contribution in [0.2, 0.25) is 0 Å². The molecule has 1 atom stereocenters. The van der Waals surface area contributed by atoms with Crippen molar-refractivity contribution in [3.8, 4) is 0 Å². The third-order valence-corrected chi connectivity index (χ3v) is 8.33. The lowest BCUT2D eigenvalue weighted by molar-refractivity contribution is -0.123. The number of benzene rings is 3. The van der Waals surface area contributed by atoms with Gasteiger partial charge in [-0.1, -0.05) is 36.4 Å². The summed E-state index contributed by atoms with van der Waals surface area (Å²) in [4.78, 5) is 41.0. The minimum atomic E-state index is -3.70. The Morgan fingerprint density at radius 2 is 1.54 bits per heavy atom. The van der Waals surface area contributed by atoms with Crippen LogP contribution in [0.1, 0.15) is 17.5 Å². The maximum absolute atomic E-state index is 13.3. The summed E-state index contributed by atoms with van der Waals surface area (Å²) in [5.74, 6) is -1.24. The summed E-state index contributed by atoms with van der Waals surface area (Å²) in [6.07, 6.45) is -0.183. The molecule has 0 saturated carbocycles. The molecule has 3 N–H and O–H groups in total. The summed E-state index contributed by atoms with van der Waals surface area (Å²) in [6, 6.07) is 17.9. The lowest BCUT2D eigenvalue weighted by atomic mass is 10.0. The zero-order valence-corrected chi connectivity index (χ0v) is 23.0. The molecular formula is C28H31N5O5S. The van der Waals surface area contributed by atoms with Crippen LogP contribution in [0.15, 0.2) is 71.6 Å². The van der Waals surface area contributed by atoms with Crippen LogP contribution < -0.4 is 20.9 Å². The van der Waals surface area contributed by atoms with Crippen molar-refractivity contribution >= 4 is 50.5 Å². The van der Waals surface area contributed by atoms with Crippen molar-refractivity contribution < 1.29 is 22.8 Å². The van der Waals surface area contributed by atoms with Crippen LogP contribution in [0.4, 0.5) is 22.7 Å². The van der Waals surface area contributed by atoms with Crippen molar-refractivity contribution in [3.05, 3.63) is 77.9 Å². The van der Waals surface area contributed by atoms with Gasteiger partial charge in [-0.2, -0.15) is 0 Å². The van der Waals surface area contributed by atoms with E-state index < -0.39 is 27.9 Å². The first kappa shape index (κ1) is 27.8. The number of anilines is 4. The Morgan fingerprint density at radius 3 is 2.26 bits per heavy atom. The topological polar surface area (TPSA) is 128 Å². The van der Waals surface area contributed by atoms with Crippen molar-refractivity contribution in [2.24, 2.45) is 0 Å². The van der Waals surface area contributed by atoms with Crippen LogP contribution in [-0.4, -0.2) is 57.1 Å². The molecule has 0 fully saturated rings. The average molecular weight is 550 g/mol. The van der Waals surface area contributed by atoms with Gasteiger partial charge < -0.3 is 20.9 Å². The van der Waals surface area contributed by atoms with Gasteiger partial charge in [0.15, 0.2) is 0 Å². The molecule has 1 aliphatic rings. The minimum Gasteiger partial charge on any atom is -0.348 e. The van der Waals surface area contributed by atoms with Gasteiger partial charge in [0.2, 0.25) is 27.7 Å². The van der Waals surface area contributed by atoms with Gasteiger partial charge in [0.05, 0.1) is 29.2 Å². The highest BCUT2D eigenvalue weighted by atomic mass is 32.2. The molecule has 11 heteroatoms. The Balaban J connectivity index is 1.58. The smallest absolute Gasteiger partial charge is 0.247 e. The highest BCUT2D eigenvalue weighted by Gasteiger charge is 2.35. The molecule has 0 radical (unpaired) electrons. The van der Waals surface area contributed by atoms with Gasteiger partial charge in [-0.05, 0) is 55.3 Å². The number of carbonyl (C=O) groups excluding carboxylic acids is 3. The van der Waals surface area contributed by atoms with E-state index in [1.165, 1.54) is 26.2 Å². The Labute approximate surface area is 228 Å². The van der Waals surface area contributed by atoms with Crippen LogP contribution in [0.3, 0.4) is 0 Å². The maximum Gasteiger partial charge on any atom is 0.247 e. The Kier molecular flexibility index (Phi) is 8.03. The number of hydrogen-bond donors (Lipinski definition) is 3. The van der Waals surface area contributed by atoms with E-state index in [1.807, 2.05) is 25.1 Å². The second-order valence-electron chi connectivity index (χ2n) is 9.53. The van der Waals surface area contributed by atoms with Gasteiger partial charge in [0.25, 0.3) is 0 Å². The Hall–Kier alpha value is -4.22. The quantitative estimate of drug-likeness (QED) is 0.395. The minimum absolute atomic E-state index is 0.0434. The number of para-hydroxylation sites is 3. The molecule has 0 spiro atoms. The largest absolute Gasteiger partial charge is 0.348 e. The molecule has 0 aliphatic carbocycles. The van der Waals surface area contributed by atoms with E-state index in [2.05, 4.69) is 16.0 Å². The lowest BCUT2D eigenvalue weighted by Crippen LogP contribution is -2.52. The number of rotatable bonds is 8. The first-order chi connectivity index (χ1) is 18.5. The summed E-state index contributed by atoms with van der Waals surface area (Å²) >= 11 is 0. The van der Waals surface area contributed by atoms with E-state index in [9.17, 15) is 22.8 Å². The number of nitrogens with one attached hydrogen (secondary N) is 3. The number of fused-ring (bicyclic) bond motifs is 1. The van der Waals surface area contributed by atoms with E-state index in [4.69, 9.17) is 0 Å². The molecule has 0 aromatic heterocycles. The monoisotopic (exact) mass is 549 g/mol. The molecule has 1 heterocycles.